The Morgan fingerprint density at radius 2 is 1.65 bits per heavy atom. The molecule has 0 spiro atoms. The molecule has 0 saturated carbocycles. The first-order chi connectivity index (χ1) is 12.5. The molecule has 1 aromatic carbocycles. The predicted octanol–water partition coefficient (Wildman–Crippen LogP) is 3.13. The number of benzene rings is 1. The molecule has 2 amide bonds. The van der Waals surface area contributed by atoms with Crippen molar-refractivity contribution in [2.75, 3.05) is 26.2 Å². The van der Waals surface area contributed by atoms with Crippen LogP contribution >= 0.6 is 0 Å². The van der Waals surface area contributed by atoms with Crippen LogP contribution in [0.25, 0.3) is 10.9 Å². The van der Waals surface area contributed by atoms with Gasteiger partial charge in [-0.15, -0.1) is 0 Å². The van der Waals surface area contributed by atoms with Gasteiger partial charge in [0, 0.05) is 48.7 Å². The first kappa shape index (κ1) is 18.5. The Bertz CT molecular complexity index is 784. The Morgan fingerprint density at radius 3 is 2.31 bits per heavy atom. The number of hydrogen-bond donors (Lipinski definition) is 1. The van der Waals surface area contributed by atoms with Gasteiger partial charge in [-0.1, -0.05) is 32.0 Å². The van der Waals surface area contributed by atoms with Gasteiger partial charge < -0.3 is 14.8 Å². The van der Waals surface area contributed by atoms with Crippen LogP contribution in [0.1, 0.15) is 37.9 Å². The van der Waals surface area contributed by atoms with Crippen molar-refractivity contribution in [2.24, 2.45) is 5.92 Å². The Morgan fingerprint density at radius 1 is 1.04 bits per heavy atom. The normalized spacial score (nSPS) is 15.1. The molecule has 1 N–H and O–H groups in total. The number of fused-ring (bicyclic) bond motifs is 1. The van der Waals surface area contributed by atoms with E-state index >= 15 is 0 Å². The first-order valence-electron chi connectivity index (χ1n) is 9.67. The maximum absolute atomic E-state index is 12.8. The van der Waals surface area contributed by atoms with Crippen LogP contribution in [0.2, 0.25) is 0 Å². The average molecular weight is 355 g/mol. The summed E-state index contributed by atoms with van der Waals surface area (Å²) in [4.78, 5) is 32.5. The van der Waals surface area contributed by atoms with Crippen molar-refractivity contribution in [3.63, 3.8) is 0 Å². The Labute approximate surface area is 155 Å². The quantitative estimate of drug-likeness (QED) is 0.896. The third-order valence-corrected chi connectivity index (χ3v) is 5.63. The molecule has 2 heterocycles. The lowest BCUT2D eigenvalue weighted by Gasteiger charge is -2.36. The minimum atomic E-state index is 0.117. The molecule has 3 rings (SSSR count). The van der Waals surface area contributed by atoms with Gasteiger partial charge in [-0.2, -0.15) is 0 Å². The van der Waals surface area contributed by atoms with E-state index in [0.29, 0.717) is 32.6 Å². The van der Waals surface area contributed by atoms with Crippen LogP contribution in [0.5, 0.6) is 0 Å². The van der Waals surface area contributed by atoms with E-state index < -0.39 is 0 Å². The number of para-hydroxylation sites is 1. The molecule has 26 heavy (non-hydrogen) atoms. The van der Waals surface area contributed by atoms with Crippen molar-refractivity contribution < 1.29 is 9.59 Å². The molecule has 5 heteroatoms. The van der Waals surface area contributed by atoms with Crippen LogP contribution in [-0.2, 0) is 16.0 Å². The zero-order chi connectivity index (χ0) is 18.7. The summed E-state index contributed by atoms with van der Waals surface area (Å²) in [5.41, 5.74) is 3.22. The van der Waals surface area contributed by atoms with E-state index in [-0.39, 0.29) is 17.7 Å². The average Bonchev–Trinajstić information content (AvgIpc) is 2.98. The summed E-state index contributed by atoms with van der Waals surface area (Å²) < 4.78 is 0. The summed E-state index contributed by atoms with van der Waals surface area (Å²) in [6, 6.07) is 8.11. The standard InChI is InChI=1S/C21H29N3O2/c1-4-16(5-2)21(26)24-12-10-23(11-13-24)20(25)14-18-15(3)22-19-9-7-6-8-17(18)19/h6-9,16,22H,4-5,10-14H2,1-3H3. The van der Waals surface area contributed by atoms with Crippen molar-refractivity contribution in [3.05, 3.63) is 35.5 Å². The zero-order valence-corrected chi connectivity index (χ0v) is 16.0. The Hall–Kier alpha value is -2.30. The largest absolute Gasteiger partial charge is 0.358 e. The van der Waals surface area contributed by atoms with Crippen molar-refractivity contribution >= 4 is 22.7 Å². The molecule has 1 aromatic heterocycles. The van der Waals surface area contributed by atoms with Crippen LogP contribution in [0.15, 0.2) is 24.3 Å². The van der Waals surface area contributed by atoms with E-state index in [1.54, 1.807) is 0 Å². The lowest BCUT2D eigenvalue weighted by atomic mass is 10.0. The minimum absolute atomic E-state index is 0.117. The molecule has 140 valence electrons. The van der Waals surface area contributed by atoms with Crippen molar-refractivity contribution in [3.8, 4) is 0 Å². The highest BCUT2D eigenvalue weighted by molar-refractivity contribution is 5.90. The number of H-pyrrole nitrogens is 1. The van der Waals surface area contributed by atoms with E-state index in [9.17, 15) is 9.59 Å². The number of amides is 2. The molecule has 2 aromatic rings. The van der Waals surface area contributed by atoms with Crippen LogP contribution < -0.4 is 0 Å². The second-order valence-corrected chi connectivity index (χ2v) is 7.17. The Balaban J connectivity index is 1.62. The van der Waals surface area contributed by atoms with Gasteiger partial charge in [0.25, 0.3) is 0 Å². The fraction of sp³-hybridized carbons (Fsp3) is 0.524. The number of carbonyl (C=O) groups excluding carboxylic acids is 2. The van der Waals surface area contributed by atoms with Crippen molar-refractivity contribution in [1.82, 2.24) is 14.8 Å². The molecule has 1 aliphatic heterocycles. The number of carbonyl (C=O) groups is 2. The van der Waals surface area contributed by atoms with Crippen LogP contribution in [-0.4, -0.2) is 52.8 Å². The molecule has 0 atom stereocenters. The maximum Gasteiger partial charge on any atom is 0.227 e. The van der Waals surface area contributed by atoms with Gasteiger partial charge in [0.15, 0.2) is 0 Å². The molecule has 1 fully saturated rings. The van der Waals surface area contributed by atoms with Crippen molar-refractivity contribution in [1.29, 1.82) is 0 Å². The van der Waals surface area contributed by atoms with Gasteiger partial charge in [-0.3, -0.25) is 9.59 Å². The number of rotatable bonds is 5. The molecular formula is C21H29N3O2. The summed E-state index contributed by atoms with van der Waals surface area (Å²) in [5, 5.41) is 1.13. The monoisotopic (exact) mass is 355 g/mol. The van der Waals surface area contributed by atoms with Crippen LogP contribution in [0.4, 0.5) is 0 Å². The van der Waals surface area contributed by atoms with Gasteiger partial charge in [0.2, 0.25) is 11.8 Å². The number of aromatic nitrogens is 1. The summed E-state index contributed by atoms with van der Waals surface area (Å²) in [6.45, 7) is 8.71. The minimum Gasteiger partial charge on any atom is -0.358 e. The van der Waals surface area contributed by atoms with E-state index in [1.807, 2.05) is 34.9 Å². The molecular weight excluding hydrogens is 326 g/mol. The fourth-order valence-electron chi connectivity index (χ4n) is 3.90. The zero-order valence-electron chi connectivity index (χ0n) is 16.0. The van der Waals surface area contributed by atoms with Gasteiger partial charge in [0.05, 0.1) is 6.42 Å². The lowest BCUT2D eigenvalue weighted by molar-refractivity contribution is -0.142. The third-order valence-electron chi connectivity index (χ3n) is 5.63. The number of nitrogens with zero attached hydrogens (tertiary/aromatic N) is 2. The predicted molar refractivity (Wildman–Crippen MR) is 104 cm³/mol. The van der Waals surface area contributed by atoms with E-state index in [2.05, 4.69) is 24.9 Å². The number of aromatic amines is 1. The molecule has 0 bridgehead atoms. The van der Waals surface area contributed by atoms with Gasteiger partial charge >= 0.3 is 0 Å². The SMILES string of the molecule is CCC(CC)C(=O)N1CCN(C(=O)Cc2c(C)[nH]c3ccccc23)CC1. The molecule has 1 aliphatic rings. The third kappa shape index (κ3) is 3.62. The summed E-state index contributed by atoms with van der Waals surface area (Å²) in [6.07, 6.45) is 2.18. The number of hydrogen-bond acceptors (Lipinski definition) is 2. The van der Waals surface area contributed by atoms with Gasteiger partial charge in [-0.25, -0.2) is 0 Å². The lowest BCUT2D eigenvalue weighted by Crippen LogP contribution is -2.52. The summed E-state index contributed by atoms with van der Waals surface area (Å²) in [5.74, 6) is 0.508. The highest BCUT2D eigenvalue weighted by atomic mass is 16.2. The van der Waals surface area contributed by atoms with E-state index in [4.69, 9.17) is 0 Å². The smallest absolute Gasteiger partial charge is 0.227 e. The summed E-state index contributed by atoms with van der Waals surface area (Å²) in [7, 11) is 0. The van der Waals surface area contributed by atoms with Gasteiger partial charge in [0.1, 0.15) is 0 Å². The number of piperazine rings is 1. The van der Waals surface area contributed by atoms with Crippen molar-refractivity contribution in [2.45, 2.75) is 40.0 Å². The first-order valence-corrected chi connectivity index (χ1v) is 9.67. The fourth-order valence-corrected chi connectivity index (χ4v) is 3.90. The molecule has 0 radical (unpaired) electrons. The summed E-state index contributed by atoms with van der Waals surface area (Å²) >= 11 is 0. The number of nitrogens with one attached hydrogen (secondary N) is 1. The molecule has 5 nitrogen and oxygen atoms in total. The highest BCUT2D eigenvalue weighted by Gasteiger charge is 2.27. The molecule has 1 saturated heterocycles. The van der Waals surface area contributed by atoms with E-state index in [0.717, 1.165) is 35.0 Å². The maximum atomic E-state index is 12.8. The highest BCUT2D eigenvalue weighted by Crippen LogP contribution is 2.23. The topological polar surface area (TPSA) is 56.4 Å². The number of aryl methyl sites for hydroxylation is 1. The van der Waals surface area contributed by atoms with Crippen LogP contribution in [0.3, 0.4) is 0 Å². The Kier molecular flexibility index (Phi) is 5.64. The molecule has 0 unspecified atom stereocenters. The molecule has 0 aliphatic carbocycles. The van der Waals surface area contributed by atoms with E-state index in [1.165, 1.54) is 0 Å². The van der Waals surface area contributed by atoms with Gasteiger partial charge in [-0.05, 0) is 31.4 Å². The second kappa shape index (κ2) is 7.94. The van der Waals surface area contributed by atoms with Crippen LogP contribution in [0, 0.1) is 12.8 Å². The second-order valence-electron chi connectivity index (χ2n) is 7.17.